The van der Waals surface area contributed by atoms with Gasteiger partial charge in [-0.15, -0.1) is 0 Å². The minimum atomic E-state index is -0.759. The van der Waals surface area contributed by atoms with Crippen molar-refractivity contribution in [3.63, 3.8) is 0 Å². The lowest BCUT2D eigenvalue weighted by atomic mass is 10.0. The largest absolute Gasteiger partial charge is 0.462 e. The van der Waals surface area contributed by atoms with E-state index < -0.39 is 6.10 Å². The van der Waals surface area contributed by atoms with E-state index in [0.29, 0.717) is 12.8 Å². The predicted octanol–water partition coefficient (Wildman–Crippen LogP) is 8.69. The molecule has 0 saturated heterocycles. The topological polar surface area (TPSA) is 72.8 Å². The molecule has 0 saturated carbocycles. The first kappa shape index (κ1) is 34.9. The van der Waals surface area contributed by atoms with E-state index in [-0.39, 0.29) is 25.2 Å². The third-order valence-electron chi connectivity index (χ3n) is 6.83. The normalized spacial score (nSPS) is 12.1. The van der Waals surface area contributed by atoms with Crippen LogP contribution in [-0.2, 0) is 19.1 Å². The van der Waals surface area contributed by atoms with Crippen molar-refractivity contribution < 1.29 is 24.2 Å². The molecule has 0 aliphatic carbocycles. The molecular formula is C31H60O5. The molecule has 0 fully saturated rings. The van der Waals surface area contributed by atoms with Crippen molar-refractivity contribution in [2.45, 2.75) is 168 Å². The molecule has 0 amide bonds. The summed E-state index contributed by atoms with van der Waals surface area (Å²) in [6.45, 7) is 6.43. The van der Waals surface area contributed by atoms with Crippen LogP contribution in [0.4, 0.5) is 0 Å². The Bertz CT molecular complexity index is 491. The zero-order valence-corrected chi connectivity index (χ0v) is 24.2. The van der Waals surface area contributed by atoms with Crippen LogP contribution in [0.25, 0.3) is 0 Å². The number of aliphatic hydroxyl groups is 1. The molecule has 0 aliphatic rings. The van der Waals surface area contributed by atoms with Crippen LogP contribution in [0, 0.1) is 5.92 Å². The summed E-state index contributed by atoms with van der Waals surface area (Å²) < 4.78 is 10.5. The number of carbonyl (C=O) groups is 2. The Balaban J connectivity index is 3.57. The number of carbonyl (C=O) groups excluding carboxylic acids is 2. The van der Waals surface area contributed by atoms with E-state index in [9.17, 15) is 14.7 Å². The van der Waals surface area contributed by atoms with E-state index >= 15 is 0 Å². The molecule has 0 aromatic carbocycles. The highest BCUT2D eigenvalue weighted by molar-refractivity contribution is 5.70. The fraction of sp³-hybridized carbons (Fsp3) is 0.935. The van der Waals surface area contributed by atoms with Gasteiger partial charge in [-0.25, -0.2) is 0 Å². The number of hydrogen-bond acceptors (Lipinski definition) is 5. The van der Waals surface area contributed by atoms with Gasteiger partial charge in [0.15, 0.2) is 6.10 Å². The van der Waals surface area contributed by atoms with Gasteiger partial charge in [-0.05, 0) is 18.8 Å². The van der Waals surface area contributed by atoms with Gasteiger partial charge in [0.1, 0.15) is 6.61 Å². The molecule has 5 nitrogen and oxygen atoms in total. The second-order valence-electron chi connectivity index (χ2n) is 11.0. The zero-order valence-electron chi connectivity index (χ0n) is 24.2. The summed E-state index contributed by atoms with van der Waals surface area (Å²) in [5.74, 6) is 0.231. The van der Waals surface area contributed by atoms with Crippen molar-refractivity contribution in [3.8, 4) is 0 Å². The van der Waals surface area contributed by atoms with Crippen LogP contribution in [0.3, 0.4) is 0 Å². The molecule has 0 rings (SSSR count). The average Bonchev–Trinajstić information content (AvgIpc) is 2.85. The lowest BCUT2D eigenvalue weighted by Gasteiger charge is -2.15. The van der Waals surface area contributed by atoms with Gasteiger partial charge < -0.3 is 14.6 Å². The molecule has 1 atom stereocenters. The minimum Gasteiger partial charge on any atom is -0.462 e. The number of esters is 2. The Kier molecular flexibility index (Phi) is 26.1. The minimum absolute atomic E-state index is 0.0596. The maximum atomic E-state index is 12.0. The standard InChI is InChI=1S/C31H60O5/c1-4-5-6-7-8-9-12-16-19-22-25-31(34)36-29(26-32)27-35-30(33)24-21-18-15-13-10-11-14-17-20-23-28(2)3/h28-29,32H,4-27H2,1-3H3/t29-/m0/s1. The first-order valence-corrected chi connectivity index (χ1v) is 15.5. The summed E-state index contributed by atoms with van der Waals surface area (Å²) in [6, 6.07) is 0. The molecule has 0 heterocycles. The van der Waals surface area contributed by atoms with E-state index in [1.807, 2.05) is 0 Å². The summed E-state index contributed by atoms with van der Waals surface area (Å²) in [4.78, 5) is 24.0. The van der Waals surface area contributed by atoms with Gasteiger partial charge in [0, 0.05) is 12.8 Å². The molecule has 0 aliphatic heterocycles. The molecule has 0 radical (unpaired) electrons. The van der Waals surface area contributed by atoms with E-state index in [2.05, 4.69) is 20.8 Å². The fourth-order valence-electron chi connectivity index (χ4n) is 4.44. The maximum Gasteiger partial charge on any atom is 0.306 e. The molecular weight excluding hydrogens is 452 g/mol. The first-order chi connectivity index (χ1) is 17.5. The third-order valence-corrected chi connectivity index (χ3v) is 6.83. The number of unbranched alkanes of at least 4 members (excludes halogenated alkanes) is 17. The van der Waals surface area contributed by atoms with Crippen molar-refractivity contribution in [2.24, 2.45) is 5.92 Å². The van der Waals surface area contributed by atoms with Gasteiger partial charge in [-0.2, -0.15) is 0 Å². The van der Waals surface area contributed by atoms with Crippen molar-refractivity contribution in [1.82, 2.24) is 0 Å². The molecule has 0 aromatic rings. The Labute approximate surface area is 223 Å². The predicted molar refractivity (Wildman–Crippen MR) is 150 cm³/mol. The monoisotopic (exact) mass is 512 g/mol. The average molecular weight is 513 g/mol. The third kappa shape index (κ3) is 26.0. The molecule has 5 heteroatoms. The van der Waals surface area contributed by atoms with Gasteiger partial charge in [-0.1, -0.05) is 136 Å². The maximum absolute atomic E-state index is 12.0. The van der Waals surface area contributed by atoms with Gasteiger partial charge >= 0.3 is 11.9 Å². The zero-order chi connectivity index (χ0) is 26.7. The molecule has 36 heavy (non-hydrogen) atoms. The number of aliphatic hydroxyl groups excluding tert-OH is 1. The van der Waals surface area contributed by atoms with E-state index in [4.69, 9.17) is 9.47 Å². The van der Waals surface area contributed by atoms with Crippen LogP contribution >= 0.6 is 0 Å². The lowest BCUT2D eigenvalue weighted by molar-refractivity contribution is -0.161. The van der Waals surface area contributed by atoms with Crippen LogP contribution in [0.15, 0.2) is 0 Å². The first-order valence-electron chi connectivity index (χ1n) is 15.5. The Hall–Kier alpha value is -1.10. The van der Waals surface area contributed by atoms with E-state index in [1.165, 1.54) is 89.9 Å². The summed E-state index contributed by atoms with van der Waals surface area (Å²) in [7, 11) is 0. The van der Waals surface area contributed by atoms with Crippen molar-refractivity contribution in [2.75, 3.05) is 13.2 Å². The van der Waals surface area contributed by atoms with Crippen LogP contribution in [0.2, 0.25) is 0 Å². The highest BCUT2D eigenvalue weighted by Gasteiger charge is 2.16. The van der Waals surface area contributed by atoms with Gasteiger partial charge in [0.25, 0.3) is 0 Å². The molecule has 214 valence electrons. The molecule has 0 unspecified atom stereocenters. The van der Waals surface area contributed by atoms with Gasteiger partial charge in [-0.3, -0.25) is 9.59 Å². The second kappa shape index (κ2) is 26.9. The van der Waals surface area contributed by atoms with Crippen molar-refractivity contribution in [1.29, 1.82) is 0 Å². The highest BCUT2D eigenvalue weighted by Crippen LogP contribution is 2.14. The van der Waals surface area contributed by atoms with Crippen LogP contribution in [0.1, 0.15) is 162 Å². The summed E-state index contributed by atoms with van der Waals surface area (Å²) >= 11 is 0. The highest BCUT2D eigenvalue weighted by atomic mass is 16.6. The second-order valence-corrected chi connectivity index (χ2v) is 11.0. The van der Waals surface area contributed by atoms with Crippen molar-refractivity contribution >= 4 is 11.9 Å². The summed E-state index contributed by atoms with van der Waals surface area (Å²) in [5.41, 5.74) is 0. The Morgan fingerprint density at radius 3 is 1.47 bits per heavy atom. The molecule has 0 bridgehead atoms. The van der Waals surface area contributed by atoms with E-state index in [1.54, 1.807) is 0 Å². The molecule has 0 spiro atoms. The number of ether oxygens (including phenoxy) is 2. The smallest absolute Gasteiger partial charge is 0.306 e. The quantitative estimate of drug-likeness (QED) is 0.0880. The molecule has 0 aromatic heterocycles. The van der Waals surface area contributed by atoms with Crippen molar-refractivity contribution in [3.05, 3.63) is 0 Å². The number of rotatable bonds is 27. The summed E-state index contributed by atoms with van der Waals surface area (Å²) in [5, 5.41) is 9.45. The fourth-order valence-corrected chi connectivity index (χ4v) is 4.44. The summed E-state index contributed by atoms with van der Waals surface area (Å²) in [6.07, 6.45) is 24.4. The van der Waals surface area contributed by atoms with Crippen LogP contribution < -0.4 is 0 Å². The van der Waals surface area contributed by atoms with Gasteiger partial charge in [0.2, 0.25) is 0 Å². The Morgan fingerprint density at radius 1 is 0.611 bits per heavy atom. The van der Waals surface area contributed by atoms with Crippen LogP contribution in [0.5, 0.6) is 0 Å². The Morgan fingerprint density at radius 2 is 1.03 bits per heavy atom. The van der Waals surface area contributed by atoms with Gasteiger partial charge in [0.05, 0.1) is 6.61 Å². The number of hydrogen-bond donors (Lipinski definition) is 1. The SMILES string of the molecule is CCCCCCCCCCCCC(=O)O[C@@H](CO)COC(=O)CCCCCCCCCCCC(C)C. The lowest BCUT2D eigenvalue weighted by Crippen LogP contribution is -2.28. The molecule has 1 N–H and O–H groups in total. The van der Waals surface area contributed by atoms with Crippen LogP contribution in [-0.4, -0.2) is 36.4 Å². The van der Waals surface area contributed by atoms with E-state index in [0.717, 1.165) is 44.4 Å².